The van der Waals surface area contributed by atoms with Crippen molar-refractivity contribution in [2.45, 2.75) is 6.92 Å². The molecule has 78 valence electrons. The highest BCUT2D eigenvalue weighted by Gasteiger charge is 2.04. The van der Waals surface area contributed by atoms with Crippen molar-refractivity contribution < 1.29 is 9.72 Å². The molecule has 5 heteroatoms. The molecule has 0 aliphatic carbocycles. The summed E-state index contributed by atoms with van der Waals surface area (Å²) >= 11 is 0. The first-order chi connectivity index (χ1) is 7.13. The van der Waals surface area contributed by atoms with Gasteiger partial charge in [0.15, 0.2) is 0 Å². The van der Waals surface area contributed by atoms with E-state index in [-0.39, 0.29) is 11.6 Å². The number of amides is 1. The molecule has 5 nitrogen and oxygen atoms in total. The summed E-state index contributed by atoms with van der Waals surface area (Å²) in [5, 5.41) is 12.9. The Labute approximate surface area is 86.6 Å². The van der Waals surface area contributed by atoms with Crippen LogP contribution in [-0.2, 0) is 4.79 Å². The van der Waals surface area contributed by atoms with Crippen molar-refractivity contribution in [2.24, 2.45) is 0 Å². The number of allylic oxidation sites excluding steroid dienone is 1. The second-order valence-electron chi connectivity index (χ2n) is 2.79. The Kier molecular flexibility index (Phi) is 3.56. The van der Waals surface area contributed by atoms with Crippen molar-refractivity contribution in [3.63, 3.8) is 0 Å². The van der Waals surface area contributed by atoms with E-state index in [4.69, 9.17) is 0 Å². The smallest absolute Gasteiger partial charge is 0.269 e. The molecule has 0 atom stereocenters. The van der Waals surface area contributed by atoms with Crippen LogP contribution in [0.15, 0.2) is 36.4 Å². The Bertz CT molecular complexity index is 396. The number of hydrogen-bond donors (Lipinski definition) is 1. The predicted molar refractivity (Wildman–Crippen MR) is 56.5 cm³/mol. The van der Waals surface area contributed by atoms with E-state index in [0.717, 1.165) is 0 Å². The Hall–Kier alpha value is -2.17. The lowest BCUT2D eigenvalue weighted by molar-refractivity contribution is -0.384. The van der Waals surface area contributed by atoms with Crippen molar-refractivity contribution in [2.75, 3.05) is 5.32 Å². The summed E-state index contributed by atoms with van der Waals surface area (Å²) in [6.45, 7) is 1.73. The Morgan fingerprint density at radius 3 is 2.47 bits per heavy atom. The van der Waals surface area contributed by atoms with E-state index in [2.05, 4.69) is 5.32 Å². The van der Waals surface area contributed by atoms with Crippen LogP contribution in [0.25, 0.3) is 0 Å². The lowest BCUT2D eigenvalue weighted by Gasteiger charge is -2.00. The van der Waals surface area contributed by atoms with E-state index in [1.807, 2.05) is 0 Å². The molecule has 0 spiro atoms. The number of hydrogen-bond acceptors (Lipinski definition) is 3. The molecule has 0 unspecified atom stereocenters. The molecule has 1 rings (SSSR count). The lowest BCUT2D eigenvalue weighted by atomic mass is 10.3. The van der Waals surface area contributed by atoms with Crippen LogP contribution in [0.4, 0.5) is 11.4 Å². The molecule has 0 aliphatic rings. The van der Waals surface area contributed by atoms with E-state index >= 15 is 0 Å². The molecule has 0 heterocycles. The summed E-state index contributed by atoms with van der Waals surface area (Å²) in [5.41, 5.74) is 0.530. The number of carbonyl (C=O) groups is 1. The standard InChI is InChI=1S/C10H10N2O3/c1-2-3-10(13)11-8-4-6-9(7-5-8)12(14)15/h2-7H,1H3,(H,11,13)/b3-2+. The monoisotopic (exact) mass is 206 g/mol. The fraction of sp³-hybridized carbons (Fsp3) is 0.100. The van der Waals surface area contributed by atoms with Gasteiger partial charge >= 0.3 is 0 Å². The number of rotatable bonds is 3. The van der Waals surface area contributed by atoms with Crippen LogP contribution in [0.1, 0.15) is 6.92 Å². The van der Waals surface area contributed by atoms with Crippen molar-refractivity contribution >= 4 is 17.3 Å². The van der Waals surface area contributed by atoms with E-state index in [1.54, 1.807) is 13.0 Å². The minimum absolute atomic E-state index is 0.000896. The largest absolute Gasteiger partial charge is 0.323 e. The molecule has 1 amide bonds. The molecule has 0 aliphatic heterocycles. The predicted octanol–water partition coefficient (Wildman–Crippen LogP) is 2.11. The number of nitro benzene ring substituents is 1. The van der Waals surface area contributed by atoms with Gasteiger partial charge in [-0.3, -0.25) is 14.9 Å². The third kappa shape index (κ3) is 3.22. The average Bonchev–Trinajstić information content (AvgIpc) is 2.18. The summed E-state index contributed by atoms with van der Waals surface area (Å²) in [6.07, 6.45) is 2.99. The summed E-state index contributed by atoms with van der Waals surface area (Å²) in [5.74, 6) is -0.258. The Morgan fingerprint density at radius 2 is 2.00 bits per heavy atom. The summed E-state index contributed by atoms with van der Waals surface area (Å²) in [6, 6.07) is 5.65. The van der Waals surface area contributed by atoms with Crippen LogP contribution in [0.3, 0.4) is 0 Å². The zero-order valence-corrected chi connectivity index (χ0v) is 8.14. The number of nitrogens with zero attached hydrogens (tertiary/aromatic N) is 1. The van der Waals surface area contributed by atoms with Gasteiger partial charge in [0.2, 0.25) is 5.91 Å². The van der Waals surface area contributed by atoms with E-state index in [0.29, 0.717) is 5.69 Å². The second kappa shape index (κ2) is 4.90. The van der Waals surface area contributed by atoms with Gasteiger partial charge in [-0.15, -0.1) is 0 Å². The van der Waals surface area contributed by atoms with E-state index in [1.165, 1.54) is 30.3 Å². The van der Waals surface area contributed by atoms with Crippen LogP contribution in [0, 0.1) is 10.1 Å². The SMILES string of the molecule is C/C=C/C(=O)Nc1ccc([N+](=O)[O-])cc1. The topological polar surface area (TPSA) is 72.2 Å². The van der Waals surface area contributed by atoms with Gasteiger partial charge in [0.1, 0.15) is 0 Å². The number of nitrogens with one attached hydrogen (secondary N) is 1. The van der Waals surface area contributed by atoms with Crippen molar-refractivity contribution in [3.8, 4) is 0 Å². The quantitative estimate of drug-likeness (QED) is 0.467. The average molecular weight is 206 g/mol. The summed E-state index contributed by atoms with van der Waals surface area (Å²) in [4.78, 5) is 21.0. The maximum Gasteiger partial charge on any atom is 0.269 e. The van der Waals surface area contributed by atoms with Gasteiger partial charge in [0.05, 0.1) is 4.92 Å². The Morgan fingerprint density at radius 1 is 1.40 bits per heavy atom. The minimum Gasteiger partial charge on any atom is -0.323 e. The summed E-state index contributed by atoms with van der Waals surface area (Å²) < 4.78 is 0. The van der Waals surface area contributed by atoms with Gasteiger partial charge in [-0.1, -0.05) is 6.08 Å². The number of anilines is 1. The maximum absolute atomic E-state index is 11.1. The normalized spacial score (nSPS) is 10.2. The third-order valence-corrected chi connectivity index (χ3v) is 1.66. The van der Waals surface area contributed by atoms with Crippen LogP contribution in [0.5, 0.6) is 0 Å². The maximum atomic E-state index is 11.1. The molecular formula is C10H10N2O3. The van der Waals surface area contributed by atoms with Gasteiger partial charge in [-0.25, -0.2) is 0 Å². The van der Waals surface area contributed by atoms with Gasteiger partial charge in [-0.2, -0.15) is 0 Å². The molecule has 0 saturated heterocycles. The van der Waals surface area contributed by atoms with E-state index < -0.39 is 4.92 Å². The molecular weight excluding hydrogens is 196 g/mol. The number of nitro groups is 1. The number of carbonyl (C=O) groups excluding carboxylic acids is 1. The van der Waals surface area contributed by atoms with Crippen LogP contribution in [-0.4, -0.2) is 10.8 Å². The number of non-ortho nitro benzene ring substituents is 1. The fourth-order valence-corrected chi connectivity index (χ4v) is 1.00. The molecule has 0 radical (unpaired) electrons. The van der Waals surface area contributed by atoms with Crippen LogP contribution >= 0.6 is 0 Å². The molecule has 1 N–H and O–H groups in total. The molecule has 0 saturated carbocycles. The molecule has 0 aromatic heterocycles. The first kappa shape index (κ1) is 10.9. The van der Waals surface area contributed by atoms with E-state index in [9.17, 15) is 14.9 Å². The molecule has 0 fully saturated rings. The zero-order valence-electron chi connectivity index (χ0n) is 8.14. The third-order valence-electron chi connectivity index (χ3n) is 1.66. The van der Waals surface area contributed by atoms with Crippen molar-refractivity contribution in [1.29, 1.82) is 0 Å². The fourth-order valence-electron chi connectivity index (χ4n) is 1.00. The highest BCUT2D eigenvalue weighted by atomic mass is 16.6. The second-order valence-corrected chi connectivity index (χ2v) is 2.79. The lowest BCUT2D eigenvalue weighted by Crippen LogP contribution is -2.07. The van der Waals surface area contributed by atoms with Crippen LogP contribution in [0.2, 0.25) is 0 Å². The van der Waals surface area contributed by atoms with Gasteiger partial charge in [0.25, 0.3) is 5.69 Å². The first-order valence-corrected chi connectivity index (χ1v) is 4.31. The van der Waals surface area contributed by atoms with Gasteiger partial charge < -0.3 is 5.32 Å². The zero-order chi connectivity index (χ0) is 11.3. The highest BCUT2D eigenvalue weighted by molar-refractivity contribution is 5.99. The molecule has 15 heavy (non-hydrogen) atoms. The molecule has 1 aromatic carbocycles. The van der Waals surface area contributed by atoms with Gasteiger partial charge in [-0.05, 0) is 25.1 Å². The molecule has 0 bridgehead atoms. The van der Waals surface area contributed by atoms with Crippen molar-refractivity contribution in [3.05, 3.63) is 46.5 Å². The Balaban J connectivity index is 2.72. The first-order valence-electron chi connectivity index (χ1n) is 4.31. The van der Waals surface area contributed by atoms with Crippen molar-refractivity contribution in [1.82, 2.24) is 0 Å². The highest BCUT2D eigenvalue weighted by Crippen LogP contribution is 2.15. The molecule has 1 aromatic rings. The van der Waals surface area contributed by atoms with Gasteiger partial charge in [0, 0.05) is 17.8 Å². The minimum atomic E-state index is -0.489. The van der Waals surface area contributed by atoms with Crippen LogP contribution < -0.4 is 5.32 Å². The summed E-state index contributed by atoms with van der Waals surface area (Å²) in [7, 11) is 0. The number of benzene rings is 1.